The van der Waals surface area contributed by atoms with Crippen LogP contribution in [0.15, 0.2) is 54.6 Å². The van der Waals surface area contributed by atoms with Gasteiger partial charge in [0.15, 0.2) is 5.82 Å². The minimum absolute atomic E-state index is 0.110. The standard InChI is InChI=1S/C22H22ClN5/c1-14-13-19(25-18-11-9-17(23)10-12-18)28-21(24-14)26-20(27-28)15-5-7-16(8-6-15)22(2,3)4/h5-13,25H,1-4H3. The van der Waals surface area contributed by atoms with Crippen LogP contribution in [0.25, 0.3) is 17.2 Å². The highest BCUT2D eigenvalue weighted by Crippen LogP contribution is 2.26. The lowest BCUT2D eigenvalue weighted by Gasteiger charge is -2.18. The van der Waals surface area contributed by atoms with Gasteiger partial charge in [0.1, 0.15) is 5.82 Å². The van der Waals surface area contributed by atoms with Crippen LogP contribution in [0, 0.1) is 6.92 Å². The Balaban J connectivity index is 1.73. The predicted octanol–water partition coefficient (Wildman–Crippen LogP) is 5.79. The van der Waals surface area contributed by atoms with E-state index in [-0.39, 0.29) is 5.41 Å². The largest absolute Gasteiger partial charge is 0.340 e. The average Bonchev–Trinajstić information content (AvgIpc) is 3.07. The molecule has 0 saturated carbocycles. The maximum atomic E-state index is 5.98. The van der Waals surface area contributed by atoms with E-state index in [2.05, 4.69) is 65.4 Å². The van der Waals surface area contributed by atoms with Gasteiger partial charge < -0.3 is 5.32 Å². The van der Waals surface area contributed by atoms with Crippen LogP contribution in [-0.2, 0) is 5.41 Å². The van der Waals surface area contributed by atoms with E-state index in [1.807, 2.05) is 37.3 Å². The van der Waals surface area contributed by atoms with E-state index in [1.165, 1.54) is 5.56 Å². The second-order valence-corrected chi connectivity index (χ2v) is 8.33. The highest BCUT2D eigenvalue weighted by Gasteiger charge is 2.15. The van der Waals surface area contributed by atoms with Gasteiger partial charge in [-0.15, -0.1) is 5.10 Å². The van der Waals surface area contributed by atoms with Crippen molar-refractivity contribution in [1.29, 1.82) is 0 Å². The highest BCUT2D eigenvalue weighted by molar-refractivity contribution is 6.30. The van der Waals surface area contributed by atoms with Crippen molar-refractivity contribution in [3.05, 3.63) is 70.9 Å². The van der Waals surface area contributed by atoms with Gasteiger partial charge in [-0.1, -0.05) is 56.6 Å². The number of nitrogens with zero attached hydrogens (tertiary/aromatic N) is 4. The van der Waals surface area contributed by atoms with Crippen LogP contribution in [0.4, 0.5) is 11.5 Å². The molecular weight excluding hydrogens is 370 g/mol. The van der Waals surface area contributed by atoms with Crippen molar-refractivity contribution in [3.8, 4) is 11.4 Å². The lowest BCUT2D eigenvalue weighted by atomic mass is 9.87. The summed E-state index contributed by atoms with van der Waals surface area (Å²) in [5, 5.41) is 8.75. The first kappa shape index (κ1) is 18.4. The third kappa shape index (κ3) is 3.71. The fraction of sp³-hybridized carbons (Fsp3) is 0.227. The predicted molar refractivity (Wildman–Crippen MR) is 114 cm³/mol. The SMILES string of the molecule is Cc1cc(Nc2ccc(Cl)cc2)n2nc(-c3ccc(C(C)(C)C)cc3)nc2n1. The van der Waals surface area contributed by atoms with Crippen molar-refractivity contribution in [3.63, 3.8) is 0 Å². The zero-order chi connectivity index (χ0) is 19.9. The molecule has 0 fully saturated rings. The molecule has 2 aromatic carbocycles. The molecule has 28 heavy (non-hydrogen) atoms. The third-order valence-corrected chi connectivity index (χ3v) is 4.82. The van der Waals surface area contributed by atoms with Crippen LogP contribution in [0.1, 0.15) is 32.0 Å². The molecule has 0 amide bonds. The van der Waals surface area contributed by atoms with Gasteiger partial charge in [-0.25, -0.2) is 4.98 Å². The molecule has 0 aliphatic carbocycles. The molecule has 5 nitrogen and oxygen atoms in total. The number of benzene rings is 2. The fourth-order valence-corrected chi connectivity index (χ4v) is 3.12. The number of aromatic nitrogens is 4. The van der Waals surface area contributed by atoms with E-state index >= 15 is 0 Å². The zero-order valence-corrected chi connectivity index (χ0v) is 17.1. The summed E-state index contributed by atoms with van der Waals surface area (Å²) in [6.45, 7) is 8.55. The van der Waals surface area contributed by atoms with Crippen LogP contribution in [0.5, 0.6) is 0 Å². The van der Waals surface area contributed by atoms with E-state index in [0.29, 0.717) is 16.6 Å². The molecule has 4 aromatic rings. The van der Waals surface area contributed by atoms with Crippen LogP contribution >= 0.6 is 11.6 Å². The summed E-state index contributed by atoms with van der Waals surface area (Å²) in [5.74, 6) is 2.01. The summed E-state index contributed by atoms with van der Waals surface area (Å²) < 4.78 is 1.73. The number of aryl methyl sites for hydroxylation is 1. The minimum Gasteiger partial charge on any atom is -0.340 e. The van der Waals surface area contributed by atoms with Crippen LogP contribution in [-0.4, -0.2) is 19.6 Å². The Morgan fingerprint density at radius 3 is 2.25 bits per heavy atom. The molecule has 0 radical (unpaired) electrons. The Hall–Kier alpha value is -2.92. The van der Waals surface area contributed by atoms with Gasteiger partial charge in [0.25, 0.3) is 5.78 Å². The number of hydrogen-bond donors (Lipinski definition) is 1. The molecule has 0 atom stereocenters. The Labute approximate surface area is 169 Å². The van der Waals surface area contributed by atoms with Crippen molar-refractivity contribution < 1.29 is 0 Å². The summed E-state index contributed by atoms with van der Waals surface area (Å²) in [4.78, 5) is 9.15. The van der Waals surface area contributed by atoms with E-state index in [1.54, 1.807) is 4.52 Å². The molecule has 142 valence electrons. The lowest BCUT2D eigenvalue weighted by molar-refractivity contribution is 0.590. The van der Waals surface area contributed by atoms with Crippen LogP contribution in [0.3, 0.4) is 0 Å². The number of hydrogen-bond acceptors (Lipinski definition) is 4. The molecule has 0 bridgehead atoms. The van der Waals surface area contributed by atoms with Crippen molar-refractivity contribution in [2.24, 2.45) is 0 Å². The number of rotatable bonds is 3. The maximum absolute atomic E-state index is 5.98. The zero-order valence-electron chi connectivity index (χ0n) is 16.4. The minimum atomic E-state index is 0.110. The first-order valence-electron chi connectivity index (χ1n) is 9.17. The van der Waals surface area contributed by atoms with E-state index in [4.69, 9.17) is 11.6 Å². The summed E-state index contributed by atoms with van der Waals surface area (Å²) >= 11 is 5.98. The van der Waals surface area contributed by atoms with Gasteiger partial charge in [-0.2, -0.15) is 9.50 Å². The van der Waals surface area contributed by atoms with Gasteiger partial charge in [0.05, 0.1) is 0 Å². The Morgan fingerprint density at radius 2 is 1.61 bits per heavy atom. The van der Waals surface area contributed by atoms with Gasteiger partial charge in [0.2, 0.25) is 0 Å². The Bertz CT molecular complexity index is 1120. The van der Waals surface area contributed by atoms with Crippen molar-refractivity contribution >= 4 is 28.9 Å². The molecule has 2 heterocycles. The monoisotopic (exact) mass is 391 g/mol. The van der Waals surface area contributed by atoms with Crippen molar-refractivity contribution in [2.45, 2.75) is 33.1 Å². The summed E-state index contributed by atoms with van der Waals surface area (Å²) in [5.41, 5.74) is 4.14. The van der Waals surface area contributed by atoms with Gasteiger partial charge in [-0.05, 0) is 42.2 Å². The molecule has 2 aromatic heterocycles. The van der Waals surface area contributed by atoms with Crippen molar-refractivity contribution in [2.75, 3.05) is 5.32 Å². The molecule has 0 saturated heterocycles. The van der Waals surface area contributed by atoms with E-state index in [9.17, 15) is 0 Å². The Morgan fingerprint density at radius 1 is 0.929 bits per heavy atom. The smallest absolute Gasteiger partial charge is 0.254 e. The van der Waals surface area contributed by atoms with Gasteiger partial charge >= 0.3 is 0 Å². The Kier molecular flexibility index (Phi) is 4.55. The molecule has 6 heteroatoms. The van der Waals surface area contributed by atoms with Crippen LogP contribution in [0.2, 0.25) is 5.02 Å². The fourth-order valence-electron chi connectivity index (χ4n) is 3.00. The number of fused-ring (bicyclic) bond motifs is 1. The van der Waals surface area contributed by atoms with Crippen LogP contribution < -0.4 is 5.32 Å². The molecule has 0 aliphatic heterocycles. The normalized spacial score (nSPS) is 11.8. The second-order valence-electron chi connectivity index (χ2n) is 7.89. The second kappa shape index (κ2) is 6.91. The third-order valence-electron chi connectivity index (χ3n) is 4.57. The lowest BCUT2D eigenvalue weighted by Crippen LogP contribution is -2.10. The summed E-state index contributed by atoms with van der Waals surface area (Å²) in [6, 6.07) is 17.9. The number of anilines is 2. The first-order chi connectivity index (χ1) is 13.3. The van der Waals surface area contributed by atoms with Gasteiger partial charge in [0, 0.05) is 28.0 Å². The molecular formula is C22H22ClN5. The summed E-state index contributed by atoms with van der Waals surface area (Å²) in [7, 11) is 0. The van der Waals surface area contributed by atoms with Crippen molar-refractivity contribution in [1.82, 2.24) is 19.6 Å². The molecule has 0 spiro atoms. The molecule has 1 N–H and O–H groups in total. The van der Waals surface area contributed by atoms with E-state index in [0.717, 1.165) is 22.8 Å². The quantitative estimate of drug-likeness (QED) is 0.480. The van der Waals surface area contributed by atoms with E-state index < -0.39 is 0 Å². The molecule has 0 unspecified atom stereocenters. The highest BCUT2D eigenvalue weighted by atomic mass is 35.5. The maximum Gasteiger partial charge on any atom is 0.254 e. The average molecular weight is 392 g/mol. The first-order valence-corrected chi connectivity index (χ1v) is 9.55. The molecule has 4 rings (SSSR count). The topological polar surface area (TPSA) is 55.1 Å². The number of nitrogens with one attached hydrogen (secondary N) is 1. The number of halogens is 1. The van der Waals surface area contributed by atoms with Gasteiger partial charge in [-0.3, -0.25) is 0 Å². The summed E-state index contributed by atoms with van der Waals surface area (Å²) in [6.07, 6.45) is 0. The molecule has 0 aliphatic rings.